The Morgan fingerprint density at radius 3 is 2.33 bits per heavy atom. The van der Waals surface area contributed by atoms with E-state index in [9.17, 15) is 0 Å². The molecule has 0 bridgehead atoms. The van der Waals surface area contributed by atoms with Crippen molar-refractivity contribution < 1.29 is 4.52 Å². The normalized spacial score (nSPS) is 10.8. The Morgan fingerprint density at radius 2 is 1.67 bits per heavy atom. The van der Waals surface area contributed by atoms with Gasteiger partial charge in [0.2, 0.25) is 0 Å². The summed E-state index contributed by atoms with van der Waals surface area (Å²) in [7, 11) is 0. The van der Waals surface area contributed by atoms with Crippen molar-refractivity contribution in [3.05, 3.63) is 58.1 Å². The van der Waals surface area contributed by atoms with Gasteiger partial charge in [0.15, 0.2) is 11.6 Å². The van der Waals surface area contributed by atoms with Gasteiger partial charge < -0.3 is 10.3 Å². The number of aromatic nitrogens is 1. The second-order valence-electron chi connectivity index (χ2n) is 5.10. The van der Waals surface area contributed by atoms with Crippen molar-refractivity contribution in [2.45, 2.75) is 13.8 Å². The molecule has 1 aromatic heterocycles. The van der Waals surface area contributed by atoms with Crippen molar-refractivity contribution in [1.29, 1.82) is 0 Å². The Balaban J connectivity index is 2.16. The van der Waals surface area contributed by atoms with Crippen LogP contribution in [0.5, 0.6) is 0 Å². The fourth-order valence-electron chi connectivity index (χ4n) is 2.23. The van der Waals surface area contributed by atoms with Crippen LogP contribution in [0, 0.1) is 13.8 Å². The fraction of sp³-hybridized carbons (Fsp3) is 0.118. The standard InChI is InChI=1S/C17H15BrN2O/c1-10-3-6-12(7-4-10)15-16(21-20-17(15)19)13-8-5-11(2)14(18)9-13/h3-9H,1-2H3,(H2,19,20). The van der Waals surface area contributed by atoms with Crippen LogP contribution in [-0.4, -0.2) is 5.16 Å². The van der Waals surface area contributed by atoms with Crippen LogP contribution in [-0.2, 0) is 0 Å². The SMILES string of the molecule is Cc1ccc(-c2c(N)noc2-c2ccc(C)c(Br)c2)cc1. The molecule has 0 aliphatic heterocycles. The Kier molecular flexibility index (Phi) is 3.55. The van der Waals surface area contributed by atoms with Gasteiger partial charge in [-0.25, -0.2) is 0 Å². The van der Waals surface area contributed by atoms with E-state index in [-0.39, 0.29) is 0 Å². The summed E-state index contributed by atoms with van der Waals surface area (Å²) in [6.07, 6.45) is 0. The monoisotopic (exact) mass is 342 g/mol. The van der Waals surface area contributed by atoms with Gasteiger partial charge in [-0.05, 0) is 31.0 Å². The molecule has 0 spiro atoms. The second-order valence-corrected chi connectivity index (χ2v) is 5.96. The topological polar surface area (TPSA) is 52.0 Å². The van der Waals surface area contributed by atoms with Crippen LogP contribution in [0.2, 0.25) is 0 Å². The number of rotatable bonds is 2. The van der Waals surface area contributed by atoms with Gasteiger partial charge in [-0.3, -0.25) is 0 Å². The molecule has 0 fully saturated rings. The Morgan fingerprint density at radius 1 is 1.00 bits per heavy atom. The summed E-state index contributed by atoms with van der Waals surface area (Å²) >= 11 is 3.55. The largest absolute Gasteiger partial charge is 0.380 e. The number of anilines is 1. The first-order valence-corrected chi connectivity index (χ1v) is 7.44. The molecule has 0 aliphatic carbocycles. The third-order valence-electron chi connectivity index (χ3n) is 3.49. The van der Waals surface area contributed by atoms with E-state index in [4.69, 9.17) is 10.3 Å². The molecule has 4 heteroatoms. The highest BCUT2D eigenvalue weighted by molar-refractivity contribution is 9.10. The highest BCUT2D eigenvalue weighted by Crippen LogP contribution is 2.37. The van der Waals surface area contributed by atoms with Gasteiger partial charge in [0, 0.05) is 10.0 Å². The molecule has 0 saturated heterocycles. The van der Waals surface area contributed by atoms with Gasteiger partial charge in [-0.2, -0.15) is 0 Å². The lowest BCUT2D eigenvalue weighted by Crippen LogP contribution is -1.89. The molecule has 21 heavy (non-hydrogen) atoms. The van der Waals surface area contributed by atoms with Crippen molar-refractivity contribution in [1.82, 2.24) is 5.16 Å². The van der Waals surface area contributed by atoms with Crippen molar-refractivity contribution in [2.75, 3.05) is 5.73 Å². The van der Waals surface area contributed by atoms with Gasteiger partial charge in [0.25, 0.3) is 0 Å². The van der Waals surface area contributed by atoms with Gasteiger partial charge in [-0.15, -0.1) is 0 Å². The molecule has 1 heterocycles. The maximum absolute atomic E-state index is 6.00. The first-order chi connectivity index (χ1) is 10.1. The van der Waals surface area contributed by atoms with Crippen LogP contribution in [0.3, 0.4) is 0 Å². The van der Waals surface area contributed by atoms with Crippen molar-refractivity contribution in [3.63, 3.8) is 0 Å². The lowest BCUT2D eigenvalue weighted by Gasteiger charge is -2.05. The molecule has 0 radical (unpaired) electrons. The van der Waals surface area contributed by atoms with Crippen LogP contribution < -0.4 is 5.73 Å². The number of nitrogens with two attached hydrogens (primary N) is 1. The third kappa shape index (κ3) is 2.59. The average Bonchev–Trinajstić information content (AvgIpc) is 2.85. The number of benzene rings is 2. The van der Waals surface area contributed by atoms with Crippen LogP contribution in [0.25, 0.3) is 22.5 Å². The second kappa shape index (κ2) is 5.37. The van der Waals surface area contributed by atoms with Gasteiger partial charge in [0.05, 0.1) is 5.56 Å². The van der Waals surface area contributed by atoms with Crippen LogP contribution in [0.1, 0.15) is 11.1 Å². The average molecular weight is 343 g/mol. The smallest absolute Gasteiger partial charge is 0.176 e. The highest BCUT2D eigenvalue weighted by atomic mass is 79.9. The first-order valence-electron chi connectivity index (χ1n) is 6.65. The molecular weight excluding hydrogens is 328 g/mol. The minimum absolute atomic E-state index is 0.408. The van der Waals surface area contributed by atoms with E-state index in [0.29, 0.717) is 11.6 Å². The molecule has 0 atom stereocenters. The lowest BCUT2D eigenvalue weighted by atomic mass is 10.00. The molecular formula is C17H15BrN2O. The fourth-order valence-corrected chi connectivity index (χ4v) is 2.61. The zero-order valence-corrected chi connectivity index (χ0v) is 13.4. The Labute approximate surface area is 131 Å². The van der Waals surface area contributed by atoms with Crippen LogP contribution >= 0.6 is 15.9 Å². The number of nitrogens with zero attached hydrogens (tertiary/aromatic N) is 1. The zero-order valence-electron chi connectivity index (χ0n) is 11.9. The molecule has 0 aliphatic rings. The highest BCUT2D eigenvalue weighted by Gasteiger charge is 2.18. The quantitative estimate of drug-likeness (QED) is 0.715. The molecule has 0 unspecified atom stereocenters. The van der Waals surface area contributed by atoms with Crippen molar-refractivity contribution >= 4 is 21.7 Å². The third-order valence-corrected chi connectivity index (χ3v) is 4.35. The molecule has 0 saturated carbocycles. The lowest BCUT2D eigenvalue weighted by molar-refractivity contribution is 0.436. The number of halogens is 1. The van der Waals surface area contributed by atoms with Crippen molar-refractivity contribution in [3.8, 4) is 22.5 Å². The van der Waals surface area contributed by atoms with Gasteiger partial charge >= 0.3 is 0 Å². The van der Waals surface area contributed by atoms with E-state index < -0.39 is 0 Å². The van der Waals surface area contributed by atoms with Crippen LogP contribution in [0.15, 0.2) is 51.5 Å². The van der Waals surface area contributed by atoms with Gasteiger partial charge in [-0.1, -0.05) is 63.0 Å². The number of aryl methyl sites for hydroxylation is 2. The summed E-state index contributed by atoms with van der Waals surface area (Å²) < 4.78 is 6.50. The molecule has 2 N–H and O–H groups in total. The number of nitrogen functional groups attached to an aromatic ring is 1. The Hall–Kier alpha value is -2.07. The molecule has 3 nitrogen and oxygen atoms in total. The summed E-state index contributed by atoms with van der Waals surface area (Å²) in [5, 5.41) is 3.93. The van der Waals surface area contributed by atoms with Crippen LogP contribution in [0.4, 0.5) is 5.82 Å². The predicted octanol–water partition coefficient (Wildman–Crippen LogP) is 4.97. The van der Waals surface area contributed by atoms with E-state index >= 15 is 0 Å². The summed E-state index contributed by atoms with van der Waals surface area (Å²) in [4.78, 5) is 0. The Bertz CT molecular complexity index is 791. The van der Waals surface area contributed by atoms with Gasteiger partial charge in [0.1, 0.15) is 0 Å². The number of hydrogen-bond donors (Lipinski definition) is 1. The summed E-state index contributed by atoms with van der Waals surface area (Å²) in [5.74, 6) is 1.10. The zero-order chi connectivity index (χ0) is 15.0. The van der Waals surface area contributed by atoms with Crippen molar-refractivity contribution in [2.24, 2.45) is 0 Å². The minimum atomic E-state index is 0.408. The van der Waals surface area contributed by atoms with E-state index in [0.717, 1.165) is 21.2 Å². The maximum atomic E-state index is 6.00. The van der Waals surface area contributed by atoms with E-state index in [1.807, 2.05) is 37.3 Å². The summed E-state index contributed by atoms with van der Waals surface area (Å²) in [6.45, 7) is 4.10. The summed E-state index contributed by atoms with van der Waals surface area (Å²) in [6, 6.07) is 14.2. The maximum Gasteiger partial charge on any atom is 0.176 e. The molecule has 2 aromatic carbocycles. The molecule has 3 rings (SSSR count). The molecule has 0 amide bonds. The van der Waals surface area contributed by atoms with E-state index in [1.165, 1.54) is 11.1 Å². The minimum Gasteiger partial charge on any atom is -0.380 e. The summed E-state index contributed by atoms with van der Waals surface area (Å²) in [5.41, 5.74) is 11.2. The van der Waals surface area contributed by atoms with E-state index in [1.54, 1.807) is 0 Å². The molecule has 106 valence electrons. The molecule has 3 aromatic rings. The van der Waals surface area contributed by atoms with E-state index in [2.05, 4.69) is 40.1 Å². The first kappa shape index (κ1) is 13.9. The predicted molar refractivity (Wildman–Crippen MR) is 89.0 cm³/mol. The number of hydrogen-bond acceptors (Lipinski definition) is 3.